The summed E-state index contributed by atoms with van der Waals surface area (Å²) in [7, 11) is 0. The van der Waals surface area contributed by atoms with E-state index in [4.69, 9.17) is 0 Å². The van der Waals surface area contributed by atoms with Crippen LogP contribution in [-0.2, 0) is 16.0 Å². The largest absolute Gasteiger partial charge is 0.544 e. The molecule has 0 aliphatic rings. The number of nitrogens with two attached hydrogens (primary N) is 1. The van der Waals surface area contributed by atoms with E-state index >= 15 is 0 Å². The number of quaternary nitrogens is 1. The van der Waals surface area contributed by atoms with Crippen molar-refractivity contribution < 1.29 is 25.1 Å². The molecule has 0 spiro atoms. The van der Waals surface area contributed by atoms with Crippen molar-refractivity contribution in [2.45, 2.75) is 18.9 Å². The van der Waals surface area contributed by atoms with Gasteiger partial charge in [-0.25, -0.2) is 0 Å². The van der Waals surface area contributed by atoms with Gasteiger partial charge in [-0.15, -0.1) is 0 Å². The second kappa shape index (κ2) is 8.69. The molecule has 1 amide bonds. The number of nitrogens with one attached hydrogen (secondary N) is 1. The molecule has 0 radical (unpaired) electrons. The zero-order valence-corrected chi connectivity index (χ0v) is 13.1. The minimum atomic E-state index is -1.26. The minimum absolute atomic E-state index is 0.0925. The summed E-state index contributed by atoms with van der Waals surface area (Å²) < 4.78 is 0. The number of phenolic OH excluding ortho intramolecular Hbond substituents is 1. The maximum absolute atomic E-state index is 12.0. The second-order valence-corrected chi connectivity index (χ2v) is 5.48. The van der Waals surface area contributed by atoms with Crippen LogP contribution in [-0.4, -0.2) is 29.6 Å². The third-order valence-electron chi connectivity index (χ3n) is 3.59. The molecular weight excluding hydrogens is 308 g/mol. The van der Waals surface area contributed by atoms with Crippen LogP contribution in [0.3, 0.4) is 0 Å². The summed E-state index contributed by atoms with van der Waals surface area (Å²) in [5.41, 5.74) is 1.61. The maximum Gasteiger partial charge on any atom is 0.230 e. The van der Waals surface area contributed by atoms with Gasteiger partial charge in [0.05, 0.1) is 18.9 Å². The summed E-state index contributed by atoms with van der Waals surface area (Å²) in [6.07, 6.45) is 0.530. The van der Waals surface area contributed by atoms with Crippen LogP contribution in [0.25, 0.3) is 0 Å². The highest BCUT2D eigenvalue weighted by Crippen LogP contribution is 2.13. The van der Waals surface area contributed by atoms with Crippen LogP contribution < -0.4 is 15.7 Å². The number of carboxylic acid groups (broad SMARTS) is 1. The standard InChI is InChI=1S/C18H20N2O4/c21-15-8-6-14(7-9-15)20-17(22)12-16(18(23)24)19-11-10-13-4-2-1-3-5-13/h1-9,16,19,21H,10-12H2,(H,20,22)(H,23,24)/t16-/m1/s1. The highest BCUT2D eigenvalue weighted by Gasteiger charge is 2.18. The fourth-order valence-corrected chi connectivity index (χ4v) is 2.32. The number of anilines is 1. The molecule has 0 saturated carbocycles. The first kappa shape index (κ1) is 17.5. The lowest BCUT2D eigenvalue weighted by atomic mass is 10.1. The monoisotopic (exact) mass is 328 g/mol. The van der Waals surface area contributed by atoms with Gasteiger partial charge in [-0.05, 0) is 29.8 Å². The smallest absolute Gasteiger partial charge is 0.230 e. The van der Waals surface area contributed by atoms with E-state index in [1.165, 1.54) is 12.1 Å². The van der Waals surface area contributed by atoms with Gasteiger partial charge in [0.15, 0.2) is 0 Å². The van der Waals surface area contributed by atoms with Gasteiger partial charge in [-0.1, -0.05) is 30.3 Å². The van der Waals surface area contributed by atoms with Gasteiger partial charge >= 0.3 is 0 Å². The van der Waals surface area contributed by atoms with E-state index in [0.29, 0.717) is 18.7 Å². The number of aromatic hydroxyl groups is 1. The molecule has 0 aliphatic heterocycles. The van der Waals surface area contributed by atoms with Gasteiger partial charge in [0.1, 0.15) is 11.8 Å². The SMILES string of the molecule is O=C(C[C@@H]([NH2+]CCc1ccccc1)C(=O)[O-])Nc1ccc(O)cc1. The van der Waals surface area contributed by atoms with Crippen molar-refractivity contribution in [1.82, 2.24) is 0 Å². The second-order valence-electron chi connectivity index (χ2n) is 5.48. The molecule has 0 fully saturated rings. The van der Waals surface area contributed by atoms with Gasteiger partial charge in [-0.3, -0.25) is 4.79 Å². The minimum Gasteiger partial charge on any atom is -0.544 e. The van der Waals surface area contributed by atoms with Crippen molar-refractivity contribution in [3.8, 4) is 5.75 Å². The topological polar surface area (TPSA) is 106 Å². The third-order valence-corrected chi connectivity index (χ3v) is 3.59. The van der Waals surface area contributed by atoms with Crippen molar-refractivity contribution in [1.29, 1.82) is 0 Å². The Morgan fingerprint density at radius 3 is 2.38 bits per heavy atom. The molecule has 2 aromatic rings. The molecule has 0 saturated heterocycles. The number of benzene rings is 2. The highest BCUT2D eigenvalue weighted by atomic mass is 16.4. The number of carbonyl (C=O) groups excluding carboxylic acids is 2. The van der Waals surface area contributed by atoms with Crippen molar-refractivity contribution >= 4 is 17.6 Å². The van der Waals surface area contributed by atoms with Crippen LogP contribution in [0, 0.1) is 0 Å². The Hall–Kier alpha value is -2.86. The van der Waals surface area contributed by atoms with E-state index in [1.54, 1.807) is 17.4 Å². The zero-order valence-electron chi connectivity index (χ0n) is 13.1. The summed E-state index contributed by atoms with van der Waals surface area (Å²) in [5.74, 6) is -1.58. The summed E-state index contributed by atoms with van der Waals surface area (Å²) in [6, 6.07) is 14.7. The van der Waals surface area contributed by atoms with Crippen LogP contribution in [0.2, 0.25) is 0 Å². The molecule has 2 aromatic carbocycles. The lowest BCUT2D eigenvalue weighted by Gasteiger charge is -2.16. The number of hydrogen-bond donors (Lipinski definition) is 3. The summed E-state index contributed by atoms with van der Waals surface area (Å²) in [4.78, 5) is 23.2. The Morgan fingerprint density at radius 1 is 1.08 bits per heavy atom. The molecule has 24 heavy (non-hydrogen) atoms. The van der Waals surface area contributed by atoms with Gasteiger partial charge < -0.3 is 25.6 Å². The molecule has 6 heteroatoms. The zero-order chi connectivity index (χ0) is 17.4. The Balaban J connectivity index is 1.82. The molecule has 0 bridgehead atoms. The van der Waals surface area contributed by atoms with Crippen LogP contribution in [0.15, 0.2) is 54.6 Å². The quantitative estimate of drug-likeness (QED) is 0.576. The van der Waals surface area contributed by atoms with E-state index in [9.17, 15) is 19.8 Å². The van der Waals surface area contributed by atoms with Crippen molar-refractivity contribution in [2.75, 3.05) is 11.9 Å². The first-order chi connectivity index (χ1) is 11.5. The predicted molar refractivity (Wildman–Crippen MR) is 87.1 cm³/mol. The molecule has 4 N–H and O–H groups in total. The van der Waals surface area contributed by atoms with E-state index < -0.39 is 17.9 Å². The van der Waals surface area contributed by atoms with Crippen molar-refractivity contribution in [2.24, 2.45) is 0 Å². The predicted octanol–water partition coefficient (Wildman–Crippen LogP) is -0.355. The number of hydrogen-bond acceptors (Lipinski definition) is 4. The Bertz CT molecular complexity index is 671. The lowest BCUT2D eigenvalue weighted by molar-refractivity contribution is -0.682. The number of amides is 1. The number of aliphatic carboxylic acids is 1. The molecule has 0 heterocycles. The lowest BCUT2D eigenvalue weighted by Crippen LogP contribution is -2.93. The van der Waals surface area contributed by atoms with E-state index in [0.717, 1.165) is 5.56 Å². The van der Waals surface area contributed by atoms with Gasteiger partial charge in [-0.2, -0.15) is 0 Å². The fraction of sp³-hybridized carbons (Fsp3) is 0.222. The average Bonchev–Trinajstić information content (AvgIpc) is 2.57. The van der Waals surface area contributed by atoms with E-state index in [2.05, 4.69) is 5.32 Å². The van der Waals surface area contributed by atoms with Crippen molar-refractivity contribution in [3.05, 3.63) is 60.2 Å². The molecule has 0 unspecified atom stereocenters. The fourth-order valence-electron chi connectivity index (χ4n) is 2.32. The third kappa shape index (κ3) is 5.73. The number of carboxylic acids is 1. The Kier molecular flexibility index (Phi) is 6.33. The Morgan fingerprint density at radius 2 is 1.75 bits per heavy atom. The number of phenols is 1. The summed E-state index contributed by atoms with van der Waals surface area (Å²) in [6.45, 7) is 0.551. The summed E-state index contributed by atoms with van der Waals surface area (Å²) >= 11 is 0. The van der Waals surface area contributed by atoms with Gasteiger partial charge in [0, 0.05) is 12.1 Å². The Labute approximate surface area is 140 Å². The van der Waals surface area contributed by atoms with E-state index in [1.807, 2.05) is 30.3 Å². The normalized spacial score (nSPS) is 11.7. The average molecular weight is 328 g/mol. The molecule has 2 rings (SSSR count). The summed E-state index contributed by atoms with van der Waals surface area (Å²) in [5, 5.41) is 24.6. The number of carbonyl (C=O) groups is 2. The molecule has 1 atom stereocenters. The van der Waals surface area contributed by atoms with Crippen LogP contribution in [0.4, 0.5) is 5.69 Å². The molecule has 0 aliphatic carbocycles. The van der Waals surface area contributed by atoms with Crippen LogP contribution >= 0.6 is 0 Å². The molecular formula is C18H20N2O4. The van der Waals surface area contributed by atoms with E-state index in [-0.39, 0.29) is 12.2 Å². The molecule has 126 valence electrons. The highest BCUT2D eigenvalue weighted by molar-refractivity contribution is 5.93. The van der Waals surface area contributed by atoms with Gasteiger partial charge in [0.25, 0.3) is 0 Å². The molecule has 0 aromatic heterocycles. The van der Waals surface area contributed by atoms with Crippen LogP contribution in [0.5, 0.6) is 5.75 Å². The first-order valence-electron chi connectivity index (χ1n) is 7.71. The first-order valence-corrected chi connectivity index (χ1v) is 7.71. The number of rotatable bonds is 8. The van der Waals surface area contributed by atoms with Crippen molar-refractivity contribution in [3.63, 3.8) is 0 Å². The van der Waals surface area contributed by atoms with Crippen LogP contribution in [0.1, 0.15) is 12.0 Å². The van der Waals surface area contributed by atoms with Gasteiger partial charge in [0.2, 0.25) is 5.91 Å². The maximum atomic E-state index is 12.0. The molecule has 6 nitrogen and oxygen atoms in total.